The molecule has 2 aromatic heterocycles. The summed E-state index contributed by atoms with van der Waals surface area (Å²) in [6.07, 6.45) is -5.09. The van der Waals surface area contributed by atoms with Crippen LogP contribution in [0.2, 0.25) is 0 Å². The van der Waals surface area contributed by atoms with Crippen LogP contribution < -0.4 is 10.5 Å². The van der Waals surface area contributed by atoms with E-state index in [1.807, 2.05) is 0 Å². The summed E-state index contributed by atoms with van der Waals surface area (Å²) in [6.45, 7) is 0. The molecule has 0 radical (unpaired) electrons. The monoisotopic (exact) mass is 492 g/mol. The first-order valence-corrected chi connectivity index (χ1v) is 11.0. The molecule has 0 aliphatic carbocycles. The van der Waals surface area contributed by atoms with Crippen molar-refractivity contribution in [2.45, 2.75) is 22.3 Å². The highest BCUT2D eigenvalue weighted by Gasteiger charge is 2.31. The molecule has 2 aromatic carbocycles. The van der Waals surface area contributed by atoms with Gasteiger partial charge in [0, 0.05) is 6.20 Å². The van der Waals surface area contributed by atoms with Crippen molar-refractivity contribution in [3.8, 4) is 17.3 Å². The number of nitrogen functional groups attached to an aromatic ring is 1. The number of alkyl halides is 3. The van der Waals surface area contributed by atoms with Crippen molar-refractivity contribution in [3.63, 3.8) is 0 Å². The zero-order valence-corrected chi connectivity index (χ0v) is 17.8. The van der Waals surface area contributed by atoms with E-state index in [-0.39, 0.29) is 33.0 Å². The molecule has 0 unspecified atom stereocenters. The van der Waals surface area contributed by atoms with E-state index >= 15 is 0 Å². The number of rotatable bonds is 6. The van der Waals surface area contributed by atoms with Crippen molar-refractivity contribution < 1.29 is 35.8 Å². The number of pyridine rings is 1. The van der Waals surface area contributed by atoms with E-state index in [1.165, 1.54) is 0 Å². The molecule has 0 spiro atoms. The highest BCUT2D eigenvalue weighted by molar-refractivity contribution is 7.91. The van der Waals surface area contributed by atoms with Crippen LogP contribution >= 0.6 is 0 Å². The fourth-order valence-electron chi connectivity index (χ4n) is 2.96. The molecule has 3 N–H and O–H groups in total. The van der Waals surface area contributed by atoms with Gasteiger partial charge in [-0.25, -0.2) is 13.4 Å². The molecule has 0 aliphatic heterocycles. The second-order valence-electron chi connectivity index (χ2n) is 6.89. The average Bonchev–Trinajstić information content (AvgIpc) is 3.28. The number of aliphatic hydroxyl groups excluding tert-OH is 1. The first kappa shape index (κ1) is 23.2. The molecule has 0 saturated heterocycles. The summed E-state index contributed by atoms with van der Waals surface area (Å²) < 4.78 is 71.8. The standard InChI is InChI=1S/C21H15F3N4O5S/c22-21(23,24)33-13-6-8-14(9-7-13)34(30,31)15-10-16(25)17(26-11-15)19-27-28-20(32-19)18(29)12-4-2-1-3-5-12/h1-11,18,29H,25H2/t18-/m0/s1. The second-order valence-corrected chi connectivity index (χ2v) is 8.84. The summed E-state index contributed by atoms with van der Waals surface area (Å²) in [5.41, 5.74) is 6.36. The summed E-state index contributed by atoms with van der Waals surface area (Å²) in [6, 6.07) is 13.4. The Kier molecular flexibility index (Phi) is 5.98. The molecule has 4 aromatic rings. The lowest BCUT2D eigenvalue weighted by molar-refractivity contribution is -0.274. The fraction of sp³-hybridized carbons (Fsp3) is 0.0952. The van der Waals surface area contributed by atoms with E-state index < -0.39 is 28.1 Å². The number of nitrogens with zero attached hydrogens (tertiary/aromatic N) is 3. The highest BCUT2D eigenvalue weighted by Crippen LogP contribution is 2.31. The molecule has 13 heteroatoms. The van der Waals surface area contributed by atoms with Gasteiger partial charge in [0.1, 0.15) is 5.75 Å². The van der Waals surface area contributed by atoms with Crippen molar-refractivity contribution in [1.29, 1.82) is 0 Å². The van der Waals surface area contributed by atoms with Gasteiger partial charge in [-0.1, -0.05) is 30.3 Å². The van der Waals surface area contributed by atoms with E-state index in [0.717, 1.165) is 36.5 Å². The number of hydrogen-bond acceptors (Lipinski definition) is 9. The van der Waals surface area contributed by atoms with Crippen LogP contribution in [0.25, 0.3) is 11.6 Å². The van der Waals surface area contributed by atoms with Crippen LogP contribution in [0.4, 0.5) is 18.9 Å². The number of hydrogen-bond donors (Lipinski definition) is 2. The smallest absolute Gasteiger partial charge is 0.416 e. The van der Waals surface area contributed by atoms with Crippen LogP contribution in [0.5, 0.6) is 5.75 Å². The van der Waals surface area contributed by atoms with Gasteiger partial charge in [0.2, 0.25) is 15.7 Å². The number of aromatic nitrogens is 3. The van der Waals surface area contributed by atoms with E-state index in [2.05, 4.69) is 19.9 Å². The minimum absolute atomic E-state index is 0.00751. The Morgan fingerprint density at radius 3 is 2.29 bits per heavy atom. The van der Waals surface area contributed by atoms with Crippen molar-refractivity contribution in [2.75, 3.05) is 5.73 Å². The maximum atomic E-state index is 12.8. The lowest BCUT2D eigenvalue weighted by atomic mass is 10.1. The van der Waals surface area contributed by atoms with Gasteiger partial charge in [0.25, 0.3) is 5.89 Å². The molecule has 0 amide bonds. The average molecular weight is 492 g/mol. The lowest BCUT2D eigenvalue weighted by Crippen LogP contribution is -2.17. The highest BCUT2D eigenvalue weighted by atomic mass is 32.2. The van der Waals surface area contributed by atoms with Crippen LogP contribution in [0.1, 0.15) is 17.6 Å². The van der Waals surface area contributed by atoms with Gasteiger partial charge in [-0.05, 0) is 35.9 Å². The number of sulfone groups is 1. The molecule has 4 rings (SSSR count). The zero-order valence-electron chi connectivity index (χ0n) is 17.0. The quantitative estimate of drug-likeness (QED) is 0.413. The Morgan fingerprint density at radius 2 is 1.68 bits per heavy atom. The van der Waals surface area contributed by atoms with Gasteiger partial charge in [-0.2, -0.15) is 0 Å². The van der Waals surface area contributed by atoms with E-state index in [4.69, 9.17) is 10.2 Å². The van der Waals surface area contributed by atoms with Crippen LogP contribution in [0, 0.1) is 0 Å². The molecule has 0 aliphatic rings. The number of benzene rings is 2. The topological polar surface area (TPSA) is 141 Å². The summed E-state index contributed by atoms with van der Waals surface area (Å²) in [7, 11) is -4.15. The van der Waals surface area contributed by atoms with Gasteiger partial charge in [0.05, 0.1) is 15.5 Å². The number of aliphatic hydroxyl groups is 1. The molecule has 0 fully saturated rings. The van der Waals surface area contributed by atoms with E-state index in [0.29, 0.717) is 5.56 Å². The Balaban J connectivity index is 1.58. The first-order valence-electron chi connectivity index (χ1n) is 9.48. The molecule has 2 heterocycles. The maximum Gasteiger partial charge on any atom is 0.573 e. The molecular formula is C21H15F3N4O5S. The molecule has 1 atom stereocenters. The van der Waals surface area contributed by atoms with E-state index in [1.54, 1.807) is 30.3 Å². The van der Waals surface area contributed by atoms with Gasteiger partial charge in [-0.3, -0.25) is 0 Å². The molecule has 176 valence electrons. The van der Waals surface area contributed by atoms with Crippen molar-refractivity contribution in [2.24, 2.45) is 0 Å². The third-order valence-electron chi connectivity index (χ3n) is 4.56. The van der Waals surface area contributed by atoms with Crippen molar-refractivity contribution in [3.05, 3.63) is 78.3 Å². The Bertz CT molecular complexity index is 1410. The first-order chi connectivity index (χ1) is 16.0. The zero-order chi connectivity index (χ0) is 24.5. The summed E-state index contributed by atoms with van der Waals surface area (Å²) in [5, 5.41) is 18.0. The van der Waals surface area contributed by atoms with Crippen LogP contribution in [0.3, 0.4) is 0 Å². The predicted octanol–water partition coefficient (Wildman–Crippen LogP) is 3.53. The molecule has 34 heavy (non-hydrogen) atoms. The number of halogens is 3. The molecule has 0 saturated carbocycles. The van der Waals surface area contributed by atoms with Gasteiger partial charge < -0.3 is 20.0 Å². The number of anilines is 1. The fourth-order valence-corrected chi connectivity index (χ4v) is 4.20. The van der Waals surface area contributed by atoms with Crippen LogP contribution in [-0.4, -0.2) is 35.1 Å². The summed E-state index contributed by atoms with van der Waals surface area (Å²) in [4.78, 5) is 3.40. The predicted molar refractivity (Wildman–Crippen MR) is 111 cm³/mol. The summed E-state index contributed by atoms with van der Waals surface area (Å²) >= 11 is 0. The van der Waals surface area contributed by atoms with Crippen molar-refractivity contribution in [1.82, 2.24) is 15.2 Å². The van der Waals surface area contributed by atoms with Gasteiger partial charge >= 0.3 is 6.36 Å². The third-order valence-corrected chi connectivity index (χ3v) is 6.30. The minimum Gasteiger partial charge on any atom is -0.416 e. The van der Waals surface area contributed by atoms with Crippen LogP contribution in [-0.2, 0) is 9.84 Å². The van der Waals surface area contributed by atoms with Crippen LogP contribution in [0.15, 0.2) is 81.1 Å². The minimum atomic E-state index is -4.90. The molecular weight excluding hydrogens is 477 g/mol. The van der Waals surface area contributed by atoms with Crippen molar-refractivity contribution >= 4 is 15.5 Å². The second kappa shape index (κ2) is 8.76. The molecule has 0 bridgehead atoms. The lowest BCUT2D eigenvalue weighted by Gasteiger charge is -2.10. The Labute approximate surface area is 190 Å². The SMILES string of the molecule is Nc1cc(S(=O)(=O)c2ccc(OC(F)(F)F)cc2)cnc1-c1nnc([C@@H](O)c2ccccc2)o1. The largest absolute Gasteiger partial charge is 0.573 e. The number of ether oxygens (including phenoxy) is 1. The number of nitrogens with two attached hydrogens (primary N) is 1. The van der Waals surface area contributed by atoms with Gasteiger partial charge in [0.15, 0.2) is 11.8 Å². The Hall–Kier alpha value is -3.97. The summed E-state index contributed by atoms with van der Waals surface area (Å²) in [5.74, 6) is -0.815. The Morgan fingerprint density at radius 1 is 1.00 bits per heavy atom. The van der Waals surface area contributed by atoms with Gasteiger partial charge in [-0.15, -0.1) is 23.4 Å². The maximum absolute atomic E-state index is 12.8. The normalized spacial score (nSPS) is 12.9. The van der Waals surface area contributed by atoms with E-state index in [9.17, 15) is 26.7 Å². The molecule has 9 nitrogen and oxygen atoms in total. The third kappa shape index (κ3) is 4.84.